The van der Waals surface area contributed by atoms with Gasteiger partial charge < -0.3 is 5.11 Å². The molecule has 6 nitrogen and oxygen atoms in total. The number of nitro groups is 1. The van der Waals surface area contributed by atoms with Crippen molar-refractivity contribution >= 4 is 33.7 Å². The Balaban J connectivity index is 1.89. The van der Waals surface area contributed by atoms with Gasteiger partial charge in [0.05, 0.1) is 4.92 Å². The minimum absolute atomic E-state index is 0.0563. The van der Waals surface area contributed by atoms with Crippen LogP contribution >= 0.6 is 0 Å². The number of nitrogens with zero attached hydrogens (tertiary/aromatic N) is 2. The van der Waals surface area contributed by atoms with Crippen molar-refractivity contribution in [2.45, 2.75) is 0 Å². The van der Waals surface area contributed by atoms with E-state index in [2.05, 4.69) is 0 Å². The van der Waals surface area contributed by atoms with Gasteiger partial charge >= 0.3 is 5.70 Å². The summed E-state index contributed by atoms with van der Waals surface area (Å²) in [5.41, 5.74) is 0.672. The van der Waals surface area contributed by atoms with E-state index >= 15 is 0 Å². The summed E-state index contributed by atoms with van der Waals surface area (Å²) >= 11 is 0. The number of non-ortho nitro benzene ring substituents is 1. The fraction of sp³-hybridized carbons (Fsp3) is 0. The number of fused-ring (bicyclic) bond motifs is 1. The van der Waals surface area contributed by atoms with Gasteiger partial charge in [-0.05, 0) is 23.6 Å². The molecular formula is C24H17N2O4+. The molecule has 1 heterocycles. The van der Waals surface area contributed by atoms with Crippen LogP contribution in [0.1, 0.15) is 15.9 Å². The number of carbonyl (C=O) groups is 1. The van der Waals surface area contributed by atoms with E-state index in [4.69, 9.17) is 0 Å². The van der Waals surface area contributed by atoms with Crippen LogP contribution in [0.15, 0.2) is 97.3 Å². The Morgan fingerprint density at radius 1 is 0.800 bits per heavy atom. The Bertz CT molecular complexity index is 1280. The lowest BCUT2D eigenvalue weighted by Crippen LogP contribution is -2.36. The molecule has 146 valence electrons. The summed E-state index contributed by atoms with van der Waals surface area (Å²) in [4.78, 5) is 23.8. The Hall–Kier alpha value is -4.32. The Labute approximate surface area is 172 Å². The molecular weight excluding hydrogens is 380 g/mol. The van der Waals surface area contributed by atoms with Crippen LogP contribution in [0.4, 0.5) is 5.69 Å². The molecule has 0 atom stereocenters. The topological polar surface area (TPSA) is 84.3 Å². The van der Waals surface area contributed by atoms with Crippen molar-refractivity contribution in [2.75, 3.05) is 0 Å². The molecule has 0 saturated carbocycles. The van der Waals surface area contributed by atoms with Gasteiger partial charge in [0, 0.05) is 34.7 Å². The van der Waals surface area contributed by atoms with Crippen molar-refractivity contribution in [1.82, 2.24) is 0 Å². The number of pyridine rings is 1. The summed E-state index contributed by atoms with van der Waals surface area (Å²) in [5, 5.41) is 23.8. The quantitative estimate of drug-likeness (QED) is 0.131. The molecule has 0 bridgehead atoms. The van der Waals surface area contributed by atoms with Crippen LogP contribution < -0.4 is 4.57 Å². The summed E-state index contributed by atoms with van der Waals surface area (Å²) in [6.07, 6.45) is 3.48. The molecule has 0 aliphatic rings. The third kappa shape index (κ3) is 3.66. The molecule has 0 spiro atoms. The maximum Gasteiger partial charge on any atom is 0.301 e. The molecule has 0 aliphatic carbocycles. The van der Waals surface area contributed by atoms with Crippen molar-refractivity contribution in [1.29, 1.82) is 0 Å². The number of aliphatic hydroxyl groups is 1. The highest BCUT2D eigenvalue weighted by molar-refractivity contribution is 6.26. The van der Waals surface area contributed by atoms with Crippen molar-refractivity contribution in [3.63, 3.8) is 0 Å². The van der Waals surface area contributed by atoms with Gasteiger partial charge in [-0.1, -0.05) is 48.5 Å². The third-order valence-electron chi connectivity index (χ3n) is 4.77. The SMILES string of the molecule is O=C(C(=C(O)c1ccccc1)[n+]1ccc2ccccc2c1)c1ccc([N+](=O)[O-])cc1. The van der Waals surface area contributed by atoms with Gasteiger partial charge in [-0.2, -0.15) is 4.57 Å². The molecule has 3 aromatic carbocycles. The van der Waals surface area contributed by atoms with E-state index in [9.17, 15) is 20.0 Å². The molecule has 0 amide bonds. The van der Waals surface area contributed by atoms with E-state index < -0.39 is 10.7 Å². The minimum Gasteiger partial charge on any atom is -0.502 e. The molecule has 0 saturated heterocycles. The molecule has 0 fully saturated rings. The zero-order chi connectivity index (χ0) is 21.1. The van der Waals surface area contributed by atoms with Gasteiger partial charge in [0.1, 0.15) is 0 Å². The van der Waals surface area contributed by atoms with E-state index in [-0.39, 0.29) is 22.7 Å². The number of hydrogen-bond donors (Lipinski definition) is 1. The monoisotopic (exact) mass is 397 g/mol. The number of Topliss-reactive ketones (excluding diaryl/α,β-unsaturated/α-hetero) is 1. The largest absolute Gasteiger partial charge is 0.502 e. The van der Waals surface area contributed by atoms with Crippen molar-refractivity contribution in [3.05, 3.63) is 119 Å². The molecule has 1 N–H and O–H groups in total. The fourth-order valence-corrected chi connectivity index (χ4v) is 3.22. The lowest BCUT2D eigenvalue weighted by Gasteiger charge is -2.07. The van der Waals surface area contributed by atoms with Gasteiger partial charge in [-0.3, -0.25) is 14.9 Å². The van der Waals surface area contributed by atoms with Crippen LogP contribution in [0.5, 0.6) is 0 Å². The molecule has 0 radical (unpaired) electrons. The lowest BCUT2D eigenvalue weighted by molar-refractivity contribution is -0.575. The molecule has 4 rings (SSSR count). The Morgan fingerprint density at radius 2 is 1.43 bits per heavy atom. The van der Waals surface area contributed by atoms with E-state index in [0.717, 1.165) is 10.8 Å². The number of rotatable bonds is 5. The van der Waals surface area contributed by atoms with Crippen LogP contribution in [0.3, 0.4) is 0 Å². The van der Waals surface area contributed by atoms with Gasteiger partial charge in [0.25, 0.3) is 11.5 Å². The minimum atomic E-state index is -0.523. The maximum absolute atomic E-state index is 13.4. The number of aliphatic hydroxyl groups excluding tert-OH is 1. The summed E-state index contributed by atoms with van der Waals surface area (Å²) in [7, 11) is 0. The summed E-state index contributed by atoms with van der Waals surface area (Å²) in [5.74, 6) is -0.634. The lowest BCUT2D eigenvalue weighted by atomic mass is 10.0. The zero-order valence-electron chi connectivity index (χ0n) is 15.8. The summed E-state index contributed by atoms with van der Waals surface area (Å²) < 4.78 is 1.58. The number of hydrogen-bond acceptors (Lipinski definition) is 4. The van der Waals surface area contributed by atoms with Gasteiger partial charge in [-0.25, -0.2) is 0 Å². The standard InChI is InChI=1S/C24H16N2O4/c27-23(18-7-2-1-3-8-18)22(24(28)19-10-12-21(13-11-19)26(29)30)25-15-14-17-6-4-5-9-20(17)16-25/h1-16H/p+1. The van der Waals surface area contributed by atoms with E-state index in [1.807, 2.05) is 36.4 Å². The Morgan fingerprint density at radius 3 is 2.10 bits per heavy atom. The van der Waals surface area contributed by atoms with Crippen LogP contribution in [-0.4, -0.2) is 15.8 Å². The number of ketones is 1. The second-order valence-electron chi connectivity index (χ2n) is 6.68. The highest BCUT2D eigenvalue weighted by Crippen LogP contribution is 2.22. The fourth-order valence-electron chi connectivity index (χ4n) is 3.22. The number of benzene rings is 3. The first kappa shape index (κ1) is 19.0. The molecule has 0 unspecified atom stereocenters. The van der Waals surface area contributed by atoms with Crippen LogP contribution in [0.2, 0.25) is 0 Å². The third-order valence-corrected chi connectivity index (χ3v) is 4.77. The van der Waals surface area contributed by atoms with E-state index in [1.54, 1.807) is 41.2 Å². The van der Waals surface area contributed by atoms with Gasteiger partial charge in [-0.15, -0.1) is 0 Å². The van der Waals surface area contributed by atoms with Crippen LogP contribution in [0, 0.1) is 10.1 Å². The number of carbonyl (C=O) groups excluding carboxylic acids is 1. The number of nitro benzene ring substituents is 1. The molecule has 0 aliphatic heterocycles. The second kappa shape index (κ2) is 7.97. The van der Waals surface area contributed by atoms with Gasteiger partial charge in [0.15, 0.2) is 18.2 Å². The van der Waals surface area contributed by atoms with Gasteiger partial charge in [0.2, 0.25) is 0 Å². The van der Waals surface area contributed by atoms with Crippen molar-refractivity contribution in [3.8, 4) is 0 Å². The first-order valence-electron chi connectivity index (χ1n) is 9.23. The van der Waals surface area contributed by atoms with E-state index in [1.165, 1.54) is 24.3 Å². The smallest absolute Gasteiger partial charge is 0.301 e. The molecule has 30 heavy (non-hydrogen) atoms. The number of allylic oxidation sites excluding steroid dienone is 1. The normalized spacial score (nSPS) is 11.7. The average molecular weight is 397 g/mol. The second-order valence-corrected chi connectivity index (χ2v) is 6.68. The van der Waals surface area contributed by atoms with Crippen LogP contribution in [0.25, 0.3) is 22.2 Å². The predicted molar refractivity (Wildman–Crippen MR) is 114 cm³/mol. The molecule has 6 heteroatoms. The van der Waals surface area contributed by atoms with Crippen LogP contribution in [-0.2, 0) is 0 Å². The Kier molecular flexibility index (Phi) is 5.05. The highest BCUT2D eigenvalue weighted by atomic mass is 16.6. The van der Waals surface area contributed by atoms with E-state index in [0.29, 0.717) is 5.56 Å². The first-order valence-corrected chi connectivity index (χ1v) is 9.23. The predicted octanol–water partition coefficient (Wildman–Crippen LogP) is 4.80. The molecule has 4 aromatic rings. The highest BCUT2D eigenvalue weighted by Gasteiger charge is 2.28. The summed E-state index contributed by atoms with van der Waals surface area (Å²) in [6, 6.07) is 23.6. The number of aromatic nitrogens is 1. The summed E-state index contributed by atoms with van der Waals surface area (Å²) in [6.45, 7) is 0. The maximum atomic E-state index is 13.4. The average Bonchev–Trinajstić information content (AvgIpc) is 2.79. The molecule has 1 aromatic heterocycles. The zero-order valence-corrected chi connectivity index (χ0v) is 15.8. The first-order chi connectivity index (χ1) is 14.5. The van der Waals surface area contributed by atoms with Crippen molar-refractivity contribution < 1.29 is 19.4 Å². The van der Waals surface area contributed by atoms with Crippen molar-refractivity contribution in [2.24, 2.45) is 0 Å².